The van der Waals surface area contributed by atoms with Crippen LogP contribution in [-0.2, 0) is 9.59 Å². The summed E-state index contributed by atoms with van der Waals surface area (Å²) in [5.74, 6) is 2.35. The summed E-state index contributed by atoms with van der Waals surface area (Å²) < 4.78 is 0. The standard InChI is InChI=1S/C12H19NO3S2/c14-11(8-1-2-9(5-8)12(15)16)13-6-10-7-17-3-4-18-10/h8-10H,1-7H2,(H,13,14)(H,15,16)/t8-,9+,10?/m0/s1. The summed E-state index contributed by atoms with van der Waals surface area (Å²) in [5.41, 5.74) is 0. The van der Waals surface area contributed by atoms with Crippen molar-refractivity contribution in [3.05, 3.63) is 0 Å². The predicted molar refractivity (Wildman–Crippen MR) is 75.0 cm³/mol. The van der Waals surface area contributed by atoms with Crippen LogP contribution in [0.2, 0.25) is 0 Å². The van der Waals surface area contributed by atoms with Crippen molar-refractivity contribution in [2.24, 2.45) is 11.8 Å². The molecule has 1 saturated heterocycles. The van der Waals surface area contributed by atoms with Crippen LogP contribution in [0.5, 0.6) is 0 Å². The zero-order valence-corrected chi connectivity index (χ0v) is 11.9. The predicted octanol–water partition coefficient (Wildman–Crippen LogP) is 1.45. The van der Waals surface area contributed by atoms with Gasteiger partial charge in [-0.25, -0.2) is 0 Å². The van der Waals surface area contributed by atoms with Crippen molar-refractivity contribution in [2.45, 2.75) is 24.5 Å². The first kappa shape index (κ1) is 14.1. The largest absolute Gasteiger partial charge is 0.481 e. The van der Waals surface area contributed by atoms with Gasteiger partial charge in [0.1, 0.15) is 0 Å². The van der Waals surface area contributed by atoms with Crippen LogP contribution in [0.4, 0.5) is 0 Å². The lowest BCUT2D eigenvalue weighted by Gasteiger charge is -2.22. The molecule has 102 valence electrons. The van der Waals surface area contributed by atoms with Crippen molar-refractivity contribution in [2.75, 3.05) is 23.8 Å². The average Bonchev–Trinajstić information content (AvgIpc) is 2.87. The molecule has 1 aliphatic carbocycles. The van der Waals surface area contributed by atoms with E-state index in [1.54, 1.807) is 0 Å². The van der Waals surface area contributed by atoms with Crippen molar-refractivity contribution in [3.63, 3.8) is 0 Å². The van der Waals surface area contributed by atoms with Crippen LogP contribution in [0.1, 0.15) is 19.3 Å². The molecule has 0 bridgehead atoms. The van der Waals surface area contributed by atoms with Crippen LogP contribution in [-0.4, -0.2) is 46.0 Å². The first-order valence-corrected chi connectivity index (χ1v) is 8.57. The van der Waals surface area contributed by atoms with Crippen molar-refractivity contribution in [1.29, 1.82) is 0 Å². The number of hydrogen-bond donors (Lipinski definition) is 2. The SMILES string of the molecule is O=C(O)[C@@H]1CC[C@H](C(=O)NCC2CSCCS2)C1. The minimum absolute atomic E-state index is 0.0509. The summed E-state index contributed by atoms with van der Waals surface area (Å²) in [6.07, 6.45) is 1.87. The number of amides is 1. The number of thioether (sulfide) groups is 2. The normalized spacial score (nSPS) is 32.1. The summed E-state index contributed by atoms with van der Waals surface area (Å²) in [4.78, 5) is 22.8. The lowest BCUT2D eigenvalue weighted by Crippen LogP contribution is -2.36. The molecule has 18 heavy (non-hydrogen) atoms. The second kappa shape index (κ2) is 6.70. The van der Waals surface area contributed by atoms with Crippen LogP contribution < -0.4 is 5.32 Å². The lowest BCUT2D eigenvalue weighted by atomic mass is 10.0. The lowest BCUT2D eigenvalue weighted by molar-refractivity contribution is -0.141. The summed E-state index contributed by atoms with van der Waals surface area (Å²) in [5, 5.41) is 12.4. The molecular formula is C12H19NO3S2. The molecule has 2 aliphatic rings. The third kappa shape index (κ3) is 3.82. The van der Waals surface area contributed by atoms with Gasteiger partial charge < -0.3 is 10.4 Å². The third-order valence-corrected chi connectivity index (χ3v) is 6.39. The maximum absolute atomic E-state index is 11.9. The summed E-state index contributed by atoms with van der Waals surface area (Å²) in [6, 6.07) is 0. The fourth-order valence-electron chi connectivity index (χ4n) is 2.46. The highest BCUT2D eigenvalue weighted by atomic mass is 32.2. The molecule has 2 rings (SSSR count). The first-order valence-electron chi connectivity index (χ1n) is 6.36. The van der Waals surface area contributed by atoms with Crippen molar-refractivity contribution in [1.82, 2.24) is 5.32 Å². The van der Waals surface area contributed by atoms with E-state index >= 15 is 0 Å². The van der Waals surface area contributed by atoms with Crippen LogP contribution in [0, 0.1) is 11.8 Å². The Hall–Kier alpha value is -0.360. The van der Waals surface area contributed by atoms with E-state index in [4.69, 9.17) is 5.11 Å². The van der Waals surface area contributed by atoms with Crippen LogP contribution >= 0.6 is 23.5 Å². The summed E-state index contributed by atoms with van der Waals surface area (Å²) in [6.45, 7) is 0.727. The van der Waals surface area contributed by atoms with Gasteiger partial charge in [0.2, 0.25) is 5.91 Å². The van der Waals surface area contributed by atoms with Gasteiger partial charge in [-0.2, -0.15) is 23.5 Å². The Morgan fingerprint density at radius 2 is 2.00 bits per heavy atom. The van der Waals surface area contributed by atoms with Gasteiger partial charge in [-0.1, -0.05) is 0 Å². The van der Waals surface area contributed by atoms with E-state index in [9.17, 15) is 9.59 Å². The molecule has 4 nitrogen and oxygen atoms in total. The van der Waals surface area contributed by atoms with Crippen LogP contribution in [0.25, 0.3) is 0 Å². The zero-order valence-electron chi connectivity index (χ0n) is 10.3. The maximum atomic E-state index is 11.9. The Morgan fingerprint density at radius 1 is 1.22 bits per heavy atom. The molecule has 1 amide bonds. The molecule has 0 aromatic rings. The molecule has 0 spiro atoms. The van der Waals surface area contributed by atoms with Crippen molar-refractivity contribution in [3.8, 4) is 0 Å². The average molecular weight is 289 g/mol. The van der Waals surface area contributed by atoms with Crippen LogP contribution in [0.3, 0.4) is 0 Å². The molecule has 2 N–H and O–H groups in total. The second-order valence-corrected chi connectivity index (χ2v) is 7.42. The monoisotopic (exact) mass is 289 g/mol. The number of rotatable bonds is 4. The van der Waals surface area contributed by atoms with Gasteiger partial charge >= 0.3 is 5.97 Å². The van der Waals surface area contributed by atoms with E-state index in [1.165, 1.54) is 5.75 Å². The Balaban J connectivity index is 1.70. The topological polar surface area (TPSA) is 66.4 Å². The van der Waals surface area contributed by atoms with E-state index in [2.05, 4.69) is 5.32 Å². The Kier molecular flexibility index (Phi) is 5.24. The molecule has 0 radical (unpaired) electrons. The van der Waals surface area contributed by atoms with E-state index in [-0.39, 0.29) is 17.7 Å². The number of carbonyl (C=O) groups excluding carboxylic acids is 1. The number of aliphatic carboxylic acids is 1. The van der Waals surface area contributed by atoms with Gasteiger partial charge in [0, 0.05) is 35.0 Å². The summed E-state index contributed by atoms with van der Waals surface area (Å²) >= 11 is 3.86. The molecule has 1 saturated carbocycles. The number of carboxylic acids is 1. The minimum atomic E-state index is -0.760. The molecule has 6 heteroatoms. The molecular weight excluding hydrogens is 270 g/mol. The number of carbonyl (C=O) groups is 2. The molecule has 0 aromatic heterocycles. The summed E-state index contributed by atoms with van der Waals surface area (Å²) in [7, 11) is 0. The van der Waals surface area contributed by atoms with Gasteiger partial charge in [0.15, 0.2) is 0 Å². The highest BCUT2D eigenvalue weighted by Gasteiger charge is 2.33. The Bertz CT molecular complexity index is 318. The molecule has 0 aromatic carbocycles. The Morgan fingerprint density at radius 3 is 2.61 bits per heavy atom. The maximum Gasteiger partial charge on any atom is 0.306 e. The van der Waals surface area contributed by atoms with Crippen molar-refractivity contribution < 1.29 is 14.7 Å². The number of hydrogen-bond acceptors (Lipinski definition) is 4. The highest BCUT2D eigenvalue weighted by Crippen LogP contribution is 2.31. The van der Waals surface area contributed by atoms with Gasteiger partial charge in [-0.15, -0.1) is 0 Å². The van der Waals surface area contributed by atoms with Gasteiger partial charge in [0.05, 0.1) is 5.92 Å². The third-order valence-electron chi connectivity index (χ3n) is 3.54. The van der Waals surface area contributed by atoms with E-state index < -0.39 is 5.97 Å². The Labute approximate surface area is 116 Å². The number of carboxylic acid groups (broad SMARTS) is 1. The molecule has 3 atom stereocenters. The van der Waals surface area contributed by atoms with Crippen LogP contribution in [0.15, 0.2) is 0 Å². The molecule has 1 aliphatic heterocycles. The minimum Gasteiger partial charge on any atom is -0.481 e. The first-order chi connectivity index (χ1) is 8.66. The molecule has 2 fully saturated rings. The van der Waals surface area contributed by atoms with E-state index in [0.717, 1.165) is 24.5 Å². The van der Waals surface area contributed by atoms with Gasteiger partial charge in [0.25, 0.3) is 0 Å². The highest BCUT2D eigenvalue weighted by molar-refractivity contribution is 8.06. The second-order valence-electron chi connectivity index (χ2n) is 4.86. The van der Waals surface area contributed by atoms with E-state index in [1.807, 2.05) is 23.5 Å². The van der Waals surface area contributed by atoms with E-state index in [0.29, 0.717) is 18.1 Å². The van der Waals surface area contributed by atoms with Gasteiger partial charge in [-0.3, -0.25) is 9.59 Å². The quantitative estimate of drug-likeness (QED) is 0.820. The van der Waals surface area contributed by atoms with Gasteiger partial charge in [-0.05, 0) is 19.3 Å². The molecule has 1 heterocycles. The molecule has 1 unspecified atom stereocenters. The fraction of sp³-hybridized carbons (Fsp3) is 0.833. The zero-order chi connectivity index (χ0) is 13.0. The van der Waals surface area contributed by atoms with Crippen molar-refractivity contribution >= 4 is 35.4 Å². The number of nitrogens with one attached hydrogen (secondary N) is 1. The fourth-order valence-corrected chi connectivity index (χ4v) is 5.07. The smallest absolute Gasteiger partial charge is 0.306 e.